The van der Waals surface area contributed by atoms with Gasteiger partial charge in [0.2, 0.25) is 5.91 Å². The average Bonchev–Trinajstić information content (AvgIpc) is 3.36. The van der Waals surface area contributed by atoms with Crippen molar-refractivity contribution in [2.45, 2.75) is 51.0 Å². The van der Waals surface area contributed by atoms with Gasteiger partial charge in [-0.15, -0.1) is 12.4 Å². The maximum atomic E-state index is 12.7. The van der Waals surface area contributed by atoms with Crippen LogP contribution in [-0.4, -0.2) is 29.9 Å². The van der Waals surface area contributed by atoms with Crippen LogP contribution in [0.15, 0.2) is 16.5 Å². The van der Waals surface area contributed by atoms with Gasteiger partial charge >= 0.3 is 0 Å². The van der Waals surface area contributed by atoms with E-state index in [1.54, 1.807) is 0 Å². The number of carbonyl (C=O) groups excluding carboxylic acids is 1. The molecule has 0 spiro atoms. The van der Waals surface area contributed by atoms with Crippen LogP contribution in [0.25, 0.3) is 0 Å². The van der Waals surface area contributed by atoms with Crippen molar-refractivity contribution in [2.24, 2.45) is 23.5 Å². The summed E-state index contributed by atoms with van der Waals surface area (Å²) in [6, 6.07) is 4.54. The molecule has 0 aromatic carbocycles. The molecule has 1 amide bonds. The largest absolute Gasteiger partial charge is 0.465 e. The minimum atomic E-state index is 0. The number of furan rings is 1. The SMILES string of the molecule is CC1CC1c1ccc(C2CC2C(=O)N2CC(CN)CC2C)o1.Cl. The minimum absolute atomic E-state index is 0. The standard InChI is InChI=1S/C18H26N2O2.ClH/c1-10-5-13(10)16-3-4-17(22-16)14-7-15(14)18(21)20-9-12(8-19)6-11(20)2;/h3-4,10-15H,5-9,19H2,1-2H3;1H. The molecule has 23 heavy (non-hydrogen) atoms. The molecule has 0 radical (unpaired) electrons. The van der Waals surface area contributed by atoms with Crippen LogP contribution in [-0.2, 0) is 4.79 Å². The van der Waals surface area contributed by atoms with Gasteiger partial charge in [0.1, 0.15) is 11.5 Å². The molecule has 2 aliphatic carbocycles. The summed E-state index contributed by atoms with van der Waals surface area (Å²) in [5.41, 5.74) is 5.76. The molecular formula is C18H27ClN2O2. The van der Waals surface area contributed by atoms with E-state index < -0.39 is 0 Å². The van der Waals surface area contributed by atoms with Gasteiger partial charge in [-0.2, -0.15) is 0 Å². The summed E-state index contributed by atoms with van der Waals surface area (Å²) in [4.78, 5) is 14.8. The summed E-state index contributed by atoms with van der Waals surface area (Å²) in [5, 5.41) is 0. The maximum Gasteiger partial charge on any atom is 0.226 e. The lowest BCUT2D eigenvalue weighted by Crippen LogP contribution is -2.35. The third kappa shape index (κ3) is 3.03. The first-order valence-electron chi connectivity index (χ1n) is 8.68. The second-order valence-corrected chi connectivity index (χ2v) is 7.69. The maximum absolute atomic E-state index is 12.7. The number of carbonyl (C=O) groups is 1. The van der Waals surface area contributed by atoms with Crippen LogP contribution < -0.4 is 5.73 Å². The lowest BCUT2D eigenvalue weighted by Gasteiger charge is -2.21. The molecule has 6 unspecified atom stereocenters. The number of hydrogen-bond donors (Lipinski definition) is 1. The Morgan fingerprint density at radius 2 is 1.87 bits per heavy atom. The predicted molar refractivity (Wildman–Crippen MR) is 91.7 cm³/mol. The molecule has 5 heteroatoms. The second-order valence-electron chi connectivity index (χ2n) is 7.69. The van der Waals surface area contributed by atoms with Crippen LogP contribution in [0.3, 0.4) is 0 Å². The Labute approximate surface area is 144 Å². The highest BCUT2D eigenvalue weighted by molar-refractivity contribution is 5.85. The van der Waals surface area contributed by atoms with Crippen molar-refractivity contribution in [1.29, 1.82) is 0 Å². The zero-order valence-electron chi connectivity index (χ0n) is 13.9. The van der Waals surface area contributed by atoms with Crippen molar-refractivity contribution in [3.63, 3.8) is 0 Å². The smallest absolute Gasteiger partial charge is 0.226 e. The third-order valence-electron chi connectivity index (χ3n) is 5.87. The van der Waals surface area contributed by atoms with Crippen LogP contribution in [0.4, 0.5) is 0 Å². The Morgan fingerprint density at radius 3 is 2.43 bits per heavy atom. The summed E-state index contributed by atoms with van der Waals surface area (Å²) in [6.07, 6.45) is 3.23. The highest BCUT2D eigenvalue weighted by Crippen LogP contribution is 2.52. The van der Waals surface area contributed by atoms with Crippen LogP contribution in [0, 0.1) is 17.8 Å². The second kappa shape index (κ2) is 6.14. The van der Waals surface area contributed by atoms with Crippen molar-refractivity contribution in [3.05, 3.63) is 23.7 Å². The van der Waals surface area contributed by atoms with E-state index in [0.717, 1.165) is 36.8 Å². The van der Waals surface area contributed by atoms with E-state index in [2.05, 4.69) is 30.9 Å². The molecule has 1 aliphatic heterocycles. The van der Waals surface area contributed by atoms with Gasteiger partial charge < -0.3 is 15.1 Å². The fraction of sp³-hybridized carbons (Fsp3) is 0.722. The molecule has 4 nitrogen and oxygen atoms in total. The molecule has 128 valence electrons. The molecule has 0 bridgehead atoms. The zero-order valence-corrected chi connectivity index (χ0v) is 14.7. The Balaban J connectivity index is 0.00000156. The summed E-state index contributed by atoms with van der Waals surface area (Å²) in [6.45, 7) is 5.93. The van der Waals surface area contributed by atoms with Gasteiger partial charge in [-0.05, 0) is 56.7 Å². The summed E-state index contributed by atoms with van der Waals surface area (Å²) in [5.74, 6) is 4.75. The molecule has 4 rings (SSSR count). The molecule has 1 aromatic heterocycles. The highest BCUT2D eigenvalue weighted by atomic mass is 35.5. The van der Waals surface area contributed by atoms with E-state index in [-0.39, 0.29) is 18.3 Å². The molecule has 3 fully saturated rings. The van der Waals surface area contributed by atoms with E-state index in [1.807, 2.05) is 0 Å². The third-order valence-corrected chi connectivity index (χ3v) is 5.87. The fourth-order valence-corrected chi connectivity index (χ4v) is 4.10. The van der Waals surface area contributed by atoms with Crippen LogP contribution >= 0.6 is 12.4 Å². The Morgan fingerprint density at radius 1 is 1.22 bits per heavy atom. The first-order valence-corrected chi connectivity index (χ1v) is 8.68. The zero-order chi connectivity index (χ0) is 15.4. The van der Waals surface area contributed by atoms with E-state index in [0.29, 0.717) is 36.2 Å². The van der Waals surface area contributed by atoms with Gasteiger partial charge in [0.05, 0.1) is 0 Å². The molecule has 1 saturated heterocycles. The average molecular weight is 339 g/mol. The van der Waals surface area contributed by atoms with Gasteiger partial charge in [-0.3, -0.25) is 4.79 Å². The monoisotopic (exact) mass is 338 g/mol. The predicted octanol–water partition coefficient (Wildman–Crippen LogP) is 3.12. The van der Waals surface area contributed by atoms with Crippen molar-refractivity contribution >= 4 is 18.3 Å². The molecule has 3 aliphatic rings. The summed E-state index contributed by atoms with van der Waals surface area (Å²) >= 11 is 0. The molecule has 2 heterocycles. The number of hydrogen-bond acceptors (Lipinski definition) is 3. The van der Waals surface area contributed by atoms with Gasteiger partial charge in [-0.1, -0.05) is 6.92 Å². The van der Waals surface area contributed by atoms with Crippen LogP contribution in [0.2, 0.25) is 0 Å². The van der Waals surface area contributed by atoms with Gasteiger partial charge in [-0.25, -0.2) is 0 Å². The number of nitrogens with zero attached hydrogens (tertiary/aromatic N) is 1. The topological polar surface area (TPSA) is 59.5 Å². The number of nitrogens with two attached hydrogens (primary N) is 1. The molecule has 1 aromatic rings. The Hall–Kier alpha value is -1.00. The van der Waals surface area contributed by atoms with Gasteiger partial charge in [0.25, 0.3) is 0 Å². The minimum Gasteiger partial charge on any atom is -0.465 e. The van der Waals surface area contributed by atoms with E-state index in [4.69, 9.17) is 10.2 Å². The molecule has 6 atom stereocenters. The normalized spacial score (nSPS) is 38.3. The molecule has 2 saturated carbocycles. The lowest BCUT2D eigenvalue weighted by molar-refractivity contribution is -0.133. The van der Waals surface area contributed by atoms with Crippen molar-refractivity contribution in [2.75, 3.05) is 13.1 Å². The molecular weight excluding hydrogens is 312 g/mol. The Bertz CT molecular complexity index is 587. The number of amides is 1. The van der Waals surface area contributed by atoms with E-state index in [9.17, 15) is 4.79 Å². The highest BCUT2D eigenvalue weighted by Gasteiger charge is 2.50. The summed E-state index contributed by atoms with van der Waals surface area (Å²) in [7, 11) is 0. The van der Waals surface area contributed by atoms with Crippen LogP contribution in [0.1, 0.15) is 56.5 Å². The fourth-order valence-electron chi connectivity index (χ4n) is 4.10. The van der Waals surface area contributed by atoms with Gasteiger partial charge in [0, 0.05) is 30.3 Å². The lowest BCUT2D eigenvalue weighted by atomic mass is 10.1. The Kier molecular flexibility index (Phi) is 4.49. The van der Waals surface area contributed by atoms with Crippen molar-refractivity contribution in [1.82, 2.24) is 4.90 Å². The first-order chi connectivity index (χ1) is 10.6. The van der Waals surface area contributed by atoms with Crippen molar-refractivity contribution < 1.29 is 9.21 Å². The van der Waals surface area contributed by atoms with E-state index >= 15 is 0 Å². The van der Waals surface area contributed by atoms with Crippen LogP contribution in [0.5, 0.6) is 0 Å². The quantitative estimate of drug-likeness (QED) is 0.917. The molecule has 2 N–H and O–H groups in total. The van der Waals surface area contributed by atoms with E-state index in [1.165, 1.54) is 6.42 Å². The van der Waals surface area contributed by atoms with Gasteiger partial charge in [0.15, 0.2) is 0 Å². The van der Waals surface area contributed by atoms with Crippen molar-refractivity contribution in [3.8, 4) is 0 Å². The number of likely N-dealkylation sites (tertiary alicyclic amines) is 1. The number of rotatable bonds is 4. The first kappa shape index (κ1) is 16.8. The number of halogens is 1. The summed E-state index contributed by atoms with van der Waals surface area (Å²) < 4.78 is 6.02.